The van der Waals surface area contributed by atoms with Gasteiger partial charge in [-0.05, 0) is 26.9 Å². The van der Waals surface area contributed by atoms with Crippen LogP contribution in [0.1, 0.15) is 103 Å². The Bertz CT molecular complexity index is 316. The molecule has 0 aromatic rings. The van der Waals surface area contributed by atoms with Crippen LogP contribution in [0.3, 0.4) is 0 Å². The van der Waals surface area contributed by atoms with Crippen molar-refractivity contribution in [3.8, 4) is 0 Å². The molecule has 5 nitrogen and oxygen atoms in total. The second-order valence-corrected chi connectivity index (χ2v) is 8.91. The molecule has 0 N–H and O–H groups in total. The molecule has 0 aromatic carbocycles. The number of likely N-dealkylation sites (N-methyl/N-ethyl adjacent to an activating group) is 1. The Morgan fingerprint density at radius 2 is 0.839 bits per heavy atom. The van der Waals surface area contributed by atoms with E-state index in [0.29, 0.717) is 26.6 Å². The normalized spacial score (nSPS) is 11.6. The Balaban J connectivity index is 2.99. The molecule has 0 fully saturated rings. The first-order chi connectivity index (χ1) is 15.3. The Morgan fingerprint density at radius 3 is 1.35 bits per heavy atom. The van der Waals surface area contributed by atoms with Gasteiger partial charge in [-0.15, -0.1) is 0 Å². The fourth-order valence-corrected chi connectivity index (χ4v) is 3.41. The third-order valence-corrected chi connectivity index (χ3v) is 5.44. The van der Waals surface area contributed by atoms with E-state index in [-0.39, 0.29) is 0 Å². The second kappa shape index (κ2) is 27.8. The monoisotopic (exact) mass is 445 g/mol. The highest BCUT2D eigenvalue weighted by atomic mass is 16.7. The number of ether oxygens (including phenoxy) is 4. The molecule has 0 aliphatic heterocycles. The van der Waals surface area contributed by atoms with Gasteiger partial charge in [0.25, 0.3) is 0 Å². The molecule has 0 heterocycles. The summed E-state index contributed by atoms with van der Waals surface area (Å²) < 4.78 is 22.0. The van der Waals surface area contributed by atoms with Gasteiger partial charge in [-0.1, -0.05) is 90.4 Å². The van der Waals surface area contributed by atoms with Crippen molar-refractivity contribution < 1.29 is 18.9 Å². The van der Waals surface area contributed by atoms with Gasteiger partial charge in [0, 0.05) is 19.8 Å². The van der Waals surface area contributed by atoms with Crippen molar-refractivity contribution in [1.82, 2.24) is 4.90 Å². The van der Waals surface area contributed by atoms with Crippen LogP contribution in [0.5, 0.6) is 0 Å². The van der Waals surface area contributed by atoms with Gasteiger partial charge in [0.1, 0.15) is 6.79 Å². The van der Waals surface area contributed by atoms with E-state index >= 15 is 0 Å². The van der Waals surface area contributed by atoms with Crippen LogP contribution >= 0.6 is 0 Å². The van der Waals surface area contributed by atoms with Gasteiger partial charge in [0.2, 0.25) is 0 Å². The molecule has 0 atom stereocenters. The Labute approximate surface area is 194 Å². The van der Waals surface area contributed by atoms with Crippen LogP contribution in [-0.4, -0.2) is 72.0 Å². The van der Waals surface area contributed by atoms with E-state index in [1.54, 1.807) is 0 Å². The van der Waals surface area contributed by atoms with E-state index in [1.165, 1.54) is 83.5 Å². The van der Waals surface area contributed by atoms with Gasteiger partial charge in [-0.25, -0.2) is 0 Å². The van der Waals surface area contributed by atoms with E-state index in [2.05, 4.69) is 11.8 Å². The van der Waals surface area contributed by atoms with Crippen LogP contribution < -0.4 is 0 Å². The van der Waals surface area contributed by atoms with Gasteiger partial charge in [0.05, 0.1) is 26.4 Å². The molecule has 5 heteroatoms. The maximum Gasteiger partial charge on any atom is 0.146 e. The minimum Gasteiger partial charge on any atom is -0.379 e. The van der Waals surface area contributed by atoms with Gasteiger partial charge in [0.15, 0.2) is 0 Å². The van der Waals surface area contributed by atoms with E-state index in [4.69, 9.17) is 18.9 Å². The first-order valence-corrected chi connectivity index (χ1v) is 13.2. The number of hydrogen-bond donors (Lipinski definition) is 0. The third kappa shape index (κ3) is 29.8. The Hall–Kier alpha value is -0.200. The molecule has 188 valence electrons. The van der Waals surface area contributed by atoms with Crippen molar-refractivity contribution in [2.24, 2.45) is 0 Å². The van der Waals surface area contributed by atoms with Crippen LogP contribution in [0.4, 0.5) is 0 Å². The predicted octanol–water partition coefficient (Wildman–Crippen LogP) is 6.44. The average Bonchev–Trinajstić information content (AvgIpc) is 2.76. The average molecular weight is 446 g/mol. The molecule has 0 radical (unpaired) electrons. The first kappa shape index (κ1) is 30.8. The Morgan fingerprint density at radius 1 is 0.419 bits per heavy atom. The zero-order valence-electron chi connectivity index (χ0n) is 21.3. The molecule has 31 heavy (non-hydrogen) atoms. The largest absolute Gasteiger partial charge is 0.379 e. The van der Waals surface area contributed by atoms with Crippen molar-refractivity contribution in [2.75, 3.05) is 67.1 Å². The van der Waals surface area contributed by atoms with E-state index < -0.39 is 0 Å². The van der Waals surface area contributed by atoms with E-state index in [1.807, 2.05) is 14.1 Å². The summed E-state index contributed by atoms with van der Waals surface area (Å²) in [6, 6.07) is 0. The standard InChI is InChI=1S/C26H55NO4/c1-4-5-6-7-8-9-10-11-12-13-14-15-16-17-20-30-26-31-22-18-21-28-24-25-29-23-19-27(2)3/h4-26H2,1-3H3. The molecule has 0 aromatic heterocycles. The van der Waals surface area contributed by atoms with Crippen LogP contribution in [-0.2, 0) is 18.9 Å². The summed E-state index contributed by atoms with van der Waals surface area (Å²) in [6.45, 7) is 7.96. The molecular weight excluding hydrogens is 390 g/mol. The number of rotatable bonds is 27. The first-order valence-electron chi connectivity index (χ1n) is 13.2. The summed E-state index contributed by atoms with van der Waals surface area (Å²) in [5.41, 5.74) is 0. The van der Waals surface area contributed by atoms with Gasteiger partial charge >= 0.3 is 0 Å². The van der Waals surface area contributed by atoms with Crippen LogP contribution in [0.15, 0.2) is 0 Å². The molecule has 0 aliphatic rings. The molecule has 0 rings (SSSR count). The predicted molar refractivity (Wildman–Crippen MR) is 132 cm³/mol. The second-order valence-electron chi connectivity index (χ2n) is 8.91. The van der Waals surface area contributed by atoms with Crippen LogP contribution in [0, 0.1) is 0 Å². The van der Waals surface area contributed by atoms with Crippen LogP contribution in [0.2, 0.25) is 0 Å². The maximum absolute atomic E-state index is 5.54. The quantitative estimate of drug-likeness (QED) is 0.107. The summed E-state index contributed by atoms with van der Waals surface area (Å²) >= 11 is 0. The minimum absolute atomic E-state index is 0.409. The number of unbranched alkanes of at least 4 members (excludes halogenated alkanes) is 13. The minimum atomic E-state index is 0.409. The number of nitrogens with zero attached hydrogens (tertiary/aromatic N) is 1. The maximum atomic E-state index is 5.54. The molecule has 0 amide bonds. The fourth-order valence-electron chi connectivity index (χ4n) is 3.41. The van der Waals surface area contributed by atoms with Crippen LogP contribution in [0.25, 0.3) is 0 Å². The smallest absolute Gasteiger partial charge is 0.146 e. The highest BCUT2D eigenvalue weighted by Crippen LogP contribution is 2.12. The summed E-state index contributed by atoms with van der Waals surface area (Å²) in [7, 11) is 4.09. The van der Waals surface area contributed by atoms with Crippen molar-refractivity contribution >= 4 is 0 Å². The molecular formula is C26H55NO4. The molecule has 0 unspecified atom stereocenters. The molecule has 0 saturated heterocycles. The topological polar surface area (TPSA) is 40.2 Å². The molecule has 0 spiro atoms. The summed E-state index contributed by atoms with van der Waals surface area (Å²) in [5.74, 6) is 0. The lowest BCUT2D eigenvalue weighted by Gasteiger charge is -2.10. The Kier molecular flexibility index (Phi) is 27.7. The summed E-state index contributed by atoms with van der Waals surface area (Å²) in [4.78, 5) is 2.11. The van der Waals surface area contributed by atoms with Crippen molar-refractivity contribution in [3.63, 3.8) is 0 Å². The van der Waals surface area contributed by atoms with E-state index in [9.17, 15) is 0 Å². The van der Waals surface area contributed by atoms with E-state index in [0.717, 1.165) is 39.2 Å². The zero-order chi connectivity index (χ0) is 22.7. The SMILES string of the molecule is CCCCCCCCCCCCCCCCOCOCCCOCCOCCN(C)C. The van der Waals surface area contributed by atoms with Gasteiger partial charge < -0.3 is 23.8 Å². The lowest BCUT2D eigenvalue weighted by molar-refractivity contribution is -0.0602. The highest BCUT2D eigenvalue weighted by Gasteiger charge is 1.96. The number of hydrogen-bond acceptors (Lipinski definition) is 5. The van der Waals surface area contributed by atoms with Gasteiger partial charge in [-0.3, -0.25) is 0 Å². The highest BCUT2D eigenvalue weighted by molar-refractivity contribution is 4.49. The van der Waals surface area contributed by atoms with Gasteiger partial charge in [-0.2, -0.15) is 0 Å². The lowest BCUT2D eigenvalue weighted by Crippen LogP contribution is -2.19. The lowest BCUT2D eigenvalue weighted by atomic mass is 10.0. The zero-order valence-corrected chi connectivity index (χ0v) is 21.3. The fraction of sp³-hybridized carbons (Fsp3) is 1.00. The van der Waals surface area contributed by atoms with Crippen molar-refractivity contribution in [3.05, 3.63) is 0 Å². The summed E-state index contributed by atoms with van der Waals surface area (Å²) in [5, 5.41) is 0. The summed E-state index contributed by atoms with van der Waals surface area (Å²) in [6.07, 6.45) is 20.3. The van der Waals surface area contributed by atoms with Crippen molar-refractivity contribution in [1.29, 1.82) is 0 Å². The molecule has 0 aliphatic carbocycles. The third-order valence-electron chi connectivity index (χ3n) is 5.44. The molecule has 0 bridgehead atoms. The van der Waals surface area contributed by atoms with Crippen molar-refractivity contribution in [2.45, 2.75) is 103 Å². The molecule has 0 saturated carbocycles.